The summed E-state index contributed by atoms with van der Waals surface area (Å²) < 4.78 is 29.4. The first kappa shape index (κ1) is 21.5. The van der Waals surface area contributed by atoms with E-state index in [0.29, 0.717) is 0 Å². The summed E-state index contributed by atoms with van der Waals surface area (Å²) in [6.07, 6.45) is 0.0820. The molecule has 0 aliphatic heterocycles. The number of Topliss-reactive ketones (excluding diaryl/α,β-unsaturated/α-hetero) is 1. The summed E-state index contributed by atoms with van der Waals surface area (Å²) in [5, 5.41) is 0. The van der Waals surface area contributed by atoms with Crippen molar-refractivity contribution in [2.75, 3.05) is 0 Å². The largest absolute Gasteiger partial charge is 0.511 e. The average molecular weight is 372 g/mol. The van der Waals surface area contributed by atoms with Crippen molar-refractivity contribution in [1.82, 2.24) is 0 Å². The molecule has 1 rings (SSSR count). The van der Waals surface area contributed by atoms with Crippen molar-refractivity contribution in [1.29, 1.82) is 0 Å². The summed E-state index contributed by atoms with van der Waals surface area (Å²) in [7, 11) is 0. The molecule has 0 atom stereocenters. The Balaban J connectivity index is 2.66. The first-order valence-electron chi connectivity index (χ1n) is 7.74. The van der Waals surface area contributed by atoms with E-state index >= 15 is 0 Å². The van der Waals surface area contributed by atoms with Crippen LogP contribution in [0.2, 0.25) is 0 Å². The number of ketones is 1. The Labute approximate surface area is 151 Å². The van der Waals surface area contributed by atoms with E-state index < -0.39 is 40.7 Å². The second kappa shape index (κ2) is 7.36. The smallest absolute Gasteiger partial charge is 0.430 e. The van der Waals surface area contributed by atoms with Crippen molar-refractivity contribution in [3.63, 3.8) is 0 Å². The zero-order chi connectivity index (χ0) is 20.3. The highest BCUT2D eigenvalue weighted by Gasteiger charge is 2.38. The summed E-state index contributed by atoms with van der Waals surface area (Å²) in [4.78, 5) is 35.6. The first-order valence-corrected chi connectivity index (χ1v) is 7.74. The highest BCUT2D eigenvalue weighted by molar-refractivity contribution is 6.22. The molecule has 146 valence electrons. The van der Waals surface area contributed by atoms with Crippen LogP contribution in [0.1, 0.15) is 59.0 Å². The minimum Gasteiger partial charge on any atom is -0.430 e. The highest BCUT2D eigenvalue weighted by Crippen LogP contribution is 2.25. The molecule has 0 unspecified atom stereocenters. The van der Waals surface area contributed by atoms with Gasteiger partial charge in [-0.25, -0.2) is 9.59 Å². The standard InChI is InChI=1S/C17H24O9/c1-10(12(18)11-9-21-25-11)13(19)22-16(5,6)26-17(7,8)24-14(20)23-15(2,3)4/h9H,1H2,2-8H3. The monoisotopic (exact) mass is 372 g/mol. The van der Waals surface area contributed by atoms with Gasteiger partial charge in [0.25, 0.3) is 5.76 Å². The first-order chi connectivity index (χ1) is 11.6. The number of ether oxygens (including phenoxy) is 4. The second-order valence-corrected chi connectivity index (χ2v) is 7.33. The molecule has 0 radical (unpaired) electrons. The van der Waals surface area contributed by atoms with E-state index in [-0.39, 0.29) is 5.76 Å². The minimum absolute atomic E-state index is 0.167. The molecule has 0 fully saturated rings. The van der Waals surface area contributed by atoms with Gasteiger partial charge < -0.3 is 14.2 Å². The maximum Gasteiger partial charge on any atom is 0.511 e. The van der Waals surface area contributed by atoms with Crippen LogP contribution in [0.25, 0.3) is 0 Å². The third-order valence-electron chi connectivity index (χ3n) is 2.59. The lowest BCUT2D eigenvalue weighted by molar-refractivity contribution is -0.310. The van der Waals surface area contributed by atoms with E-state index in [2.05, 4.69) is 15.7 Å². The molecule has 0 bridgehead atoms. The number of hydrogen-bond donors (Lipinski definition) is 0. The fourth-order valence-corrected chi connectivity index (χ4v) is 1.82. The molecule has 0 spiro atoms. The molecule has 0 aliphatic rings. The lowest BCUT2D eigenvalue weighted by Gasteiger charge is -2.35. The van der Waals surface area contributed by atoms with Crippen LogP contribution in [-0.4, -0.2) is 35.1 Å². The van der Waals surface area contributed by atoms with Crippen molar-refractivity contribution < 1.29 is 42.5 Å². The molecule has 0 aliphatic carbocycles. The van der Waals surface area contributed by atoms with Crippen molar-refractivity contribution in [2.45, 2.75) is 65.6 Å². The van der Waals surface area contributed by atoms with Gasteiger partial charge in [-0.15, -0.1) is 0 Å². The predicted molar refractivity (Wildman–Crippen MR) is 87.1 cm³/mol. The fraction of sp³-hybridized carbons (Fsp3) is 0.588. The topological polar surface area (TPSA) is 114 Å². The van der Waals surface area contributed by atoms with Crippen LogP contribution in [0.5, 0.6) is 0 Å². The quantitative estimate of drug-likeness (QED) is 0.135. The zero-order valence-electron chi connectivity index (χ0n) is 16.0. The summed E-state index contributed by atoms with van der Waals surface area (Å²) in [5.74, 6) is -4.99. The average Bonchev–Trinajstić information content (AvgIpc) is 2.29. The van der Waals surface area contributed by atoms with Gasteiger partial charge in [0.15, 0.2) is 6.26 Å². The third-order valence-corrected chi connectivity index (χ3v) is 2.59. The summed E-state index contributed by atoms with van der Waals surface area (Å²) in [6, 6.07) is 0. The SMILES string of the molecule is C=C(C(=O)OC(C)(C)OC(C)(C)OC(=O)OC(C)(C)C)C(=O)c1coo1. The highest BCUT2D eigenvalue weighted by atomic mass is 17.0. The van der Waals surface area contributed by atoms with Crippen LogP contribution in [0, 0.1) is 0 Å². The van der Waals surface area contributed by atoms with Crippen molar-refractivity contribution in [3.8, 4) is 0 Å². The van der Waals surface area contributed by atoms with Crippen LogP contribution >= 0.6 is 0 Å². The fourth-order valence-electron chi connectivity index (χ4n) is 1.82. The molecule has 1 aromatic rings. The van der Waals surface area contributed by atoms with Crippen LogP contribution < -0.4 is 0 Å². The van der Waals surface area contributed by atoms with Gasteiger partial charge in [-0.1, -0.05) is 6.58 Å². The van der Waals surface area contributed by atoms with Crippen molar-refractivity contribution >= 4 is 17.9 Å². The van der Waals surface area contributed by atoms with E-state index in [0.717, 1.165) is 6.26 Å². The zero-order valence-corrected chi connectivity index (χ0v) is 16.0. The molecule has 0 aromatic carbocycles. The summed E-state index contributed by atoms with van der Waals surface area (Å²) in [6.45, 7) is 14.1. The molecule has 1 heterocycles. The Kier molecular flexibility index (Phi) is 6.09. The van der Waals surface area contributed by atoms with Gasteiger partial charge in [0.1, 0.15) is 11.2 Å². The van der Waals surface area contributed by atoms with Gasteiger partial charge in [-0.3, -0.25) is 18.7 Å². The third kappa shape index (κ3) is 6.75. The van der Waals surface area contributed by atoms with Crippen LogP contribution in [0.15, 0.2) is 27.6 Å². The Morgan fingerprint density at radius 1 is 0.923 bits per heavy atom. The lowest BCUT2D eigenvalue weighted by atomic mass is 10.1. The molecule has 0 N–H and O–H groups in total. The van der Waals surface area contributed by atoms with Gasteiger partial charge in [0.05, 0.1) is 0 Å². The molecule has 26 heavy (non-hydrogen) atoms. The summed E-state index contributed by atoms with van der Waals surface area (Å²) in [5.41, 5.74) is -1.21. The Hall–Kier alpha value is -2.55. The Morgan fingerprint density at radius 3 is 1.85 bits per heavy atom. The number of carbonyl (C=O) groups excluding carboxylic acids is 3. The molecule has 9 heteroatoms. The molecule has 0 saturated carbocycles. The molecule has 0 saturated heterocycles. The van der Waals surface area contributed by atoms with E-state index in [1.165, 1.54) is 27.7 Å². The number of carbonyl (C=O) groups is 3. The number of rotatable bonds is 7. The van der Waals surface area contributed by atoms with Gasteiger partial charge in [0.2, 0.25) is 17.4 Å². The Morgan fingerprint density at radius 2 is 1.42 bits per heavy atom. The van der Waals surface area contributed by atoms with Gasteiger partial charge >= 0.3 is 12.1 Å². The molecule has 9 nitrogen and oxygen atoms in total. The van der Waals surface area contributed by atoms with Crippen LogP contribution in [-0.2, 0) is 23.7 Å². The van der Waals surface area contributed by atoms with Crippen LogP contribution in [0.3, 0.4) is 0 Å². The van der Waals surface area contributed by atoms with E-state index in [1.54, 1.807) is 20.8 Å². The predicted octanol–water partition coefficient (Wildman–Crippen LogP) is 3.60. The van der Waals surface area contributed by atoms with Crippen molar-refractivity contribution in [3.05, 3.63) is 24.2 Å². The lowest BCUT2D eigenvalue weighted by Crippen LogP contribution is -2.44. The van der Waals surface area contributed by atoms with Gasteiger partial charge in [0, 0.05) is 27.7 Å². The van der Waals surface area contributed by atoms with E-state index in [9.17, 15) is 14.4 Å². The Bertz CT molecular complexity index is 673. The molecular weight excluding hydrogens is 348 g/mol. The normalized spacial score (nSPS) is 12.4. The maximum atomic E-state index is 12.1. The second-order valence-electron chi connectivity index (χ2n) is 7.33. The van der Waals surface area contributed by atoms with Gasteiger partial charge in [-0.05, 0) is 20.8 Å². The van der Waals surface area contributed by atoms with Crippen molar-refractivity contribution in [2.24, 2.45) is 0 Å². The molecule has 0 amide bonds. The molecular formula is C17H24O9. The van der Waals surface area contributed by atoms with E-state index in [4.69, 9.17) is 18.9 Å². The van der Waals surface area contributed by atoms with Crippen LogP contribution in [0.4, 0.5) is 4.79 Å². The van der Waals surface area contributed by atoms with Gasteiger partial charge in [-0.2, -0.15) is 0 Å². The molecule has 1 aromatic heterocycles. The maximum absolute atomic E-state index is 12.1. The minimum atomic E-state index is -1.54. The van der Waals surface area contributed by atoms with E-state index in [1.807, 2.05) is 0 Å². The summed E-state index contributed by atoms with van der Waals surface area (Å²) >= 11 is 0. The number of hydrogen-bond acceptors (Lipinski definition) is 9. The number of esters is 1.